The largest absolute Gasteiger partial charge is 0.0654 e. The van der Waals surface area contributed by atoms with Gasteiger partial charge in [-0.3, -0.25) is 0 Å². The lowest BCUT2D eigenvalue weighted by atomic mass is 9.68. The van der Waals surface area contributed by atoms with E-state index in [2.05, 4.69) is 48.5 Å². The van der Waals surface area contributed by atoms with E-state index in [0.29, 0.717) is 0 Å². The third kappa shape index (κ3) is 6.32. The Morgan fingerprint density at radius 3 is 1.68 bits per heavy atom. The summed E-state index contributed by atoms with van der Waals surface area (Å²) in [5.74, 6) is 4.66. The first kappa shape index (κ1) is 19.0. The molecule has 0 aliphatic rings. The van der Waals surface area contributed by atoms with Gasteiger partial charge in [-0.25, -0.2) is 0 Å². The van der Waals surface area contributed by atoms with Crippen molar-refractivity contribution in [1.82, 2.24) is 0 Å². The zero-order chi connectivity index (χ0) is 14.8. The van der Waals surface area contributed by atoms with Gasteiger partial charge in [0.25, 0.3) is 0 Å². The van der Waals surface area contributed by atoms with Crippen molar-refractivity contribution in [1.29, 1.82) is 0 Å². The zero-order valence-corrected chi connectivity index (χ0v) is 14.8. The summed E-state index contributed by atoms with van der Waals surface area (Å²) in [7, 11) is 0. The smallest absolute Gasteiger partial charge is 0.0355 e. The fourth-order valence-electron chi connectivity index (χ4n) is 3.89. The van der Waals surface area contributed by atoms with Crippen molar-refractivity contribution in [3.63, 3.8) is 0 Å². The molecule has 0 rings (SSSR count). The average molecular weight is 269 g/mol. The molecule has 19 heavy (non-hydrogen) atoms. The Kier molecular flexibility index (Phi) is 10.7. The fraction of sp³-hybridized carbons (Fsp3) is 1.00. The summed E-state index contributed by atoms with van der Waals surface area (Å²) in [6.45, 7) is 16.8. The number of rotatable bonds is 11. The van der Waals surface area contributed by atoms with E-state index in [1.54, 1.807) is 0 Å². The normalized spacial score (nSPS) is 19.7. The maximum Gasteiger partial charge on any atom is -0.0355 e. The highest BCUT2D eigenvalue weighted by atomic mass is 14.4. The Morgan fingerprint density at radius 2 is 1.32 bits per heavy atom. The van der Waals surface area contributed by atoms with Crippen LogP contribution in [0.5, 0.6) is 0 Å². The van der Waals surface area contributed by atoms with Gasteiger partial charge in [-0.2, -0.15) is 0 Å². The summed E-state index contributed by atoms with van der Waals surface area (Å²) in [5.41, 5.74) is 0. The third-order valence-electron chi connectivity index (χ3n) is 5.55. The van der Waals surface area contributed by atoms with Gasteiger partial charge in [-0.05, 0) is 36.0 Å². The minimum absolute atomic E-state index is 0.896. The van der Waals surface area contributed by atoms with Crippen LogP contribution in [0.3, 0.4) is 0 Å². The summed E-state index contributed by atoms with van der Waals surface area (Å²) in [4.78, 5) is 0. The lowest BCUT2D eigenvalue weighted by Gasteiger charge is -2.37. The topological polar surface area (TPSA) is 0 Å². The molecule has 0 bridgehead atoms. The number of hydrogen-bond acceptors (Lipinski definition) is 0. The van der Waals surface area contributed by atoms with E-state index in [-0.39, 0.29) is 0 Å². The molecular formula is C19H40. The van der Waals surface area contributed by atoms with E-state index in [1.165, 1.54) is 44.9 Å². The molecule has 0 radical (unpaired) electrons. The molecule has 0 aromatic carbocycles. The van der Waals surface area contributed by atoms with E-state index in [1.807, 2.05) is 0 Å². The quantitative estimate of drug-likeness (QED) is 0.381. The van der Waals surface area contributed by atoms with Gasteiger partial charge in [0.2, 0.25) is 0 Å². The van der Waals surface area contributed by atoms with Gasteiger partial charge in [-0.15, -0.1) is 0 Å². The minimum Gasteiger partial charge on any atom is -0.0654 e. The molecule has 0 saturated heterocycles. The van der Waals surface area contributed by atoms with Crippen LogP contribution < -0.4 is 0 Å². The van der Waals surface area contributed by atoms with Gasteiger partial charge in [0.1, 0.15) is 0 Å². The second-order valence-corrected chi connectivity index (χ2v) is 6.83. The van der Waals surface area contributed by atoms with Crippen molar-refractivity contribution in [3.8, 4) is 0 Å². The van der Waals surface area contributed by atoms with Crippen LogP contribution in [0.25, 0.3) is 0 Å². The van der Waals surface area contributed by atoms with Crippen molar-refractivity contribution < 1.29 is 0 Å². The predicted molar refractivity (Wildman–Crippen MR) is 89.5 cm³/mol. The average Bonchev–Trinajstić information content (AvgIpc) is 2.43. The van der Waals surface area contributed by atoms with E-state index in [4.69, 9.17) is 0 Å². The second kappa shape index (κ2) is 10.7. The first-order valence-corrected chi connectivity index (χ1v) is 9.05. The molecule has 0 N–H and O–H groups in total. The van der Waals surface area contributed by atoms with Crippen LogP contribution in [0.1, 0.15) is 93.4 Å². The maximum atomic E-state index is 2.48. The van der Waals surface area contributed by atoms with Crippen molar-refractivity contribution >= 4 is 0 Å². The molecule has 116 valence electrons. The highest BCUT2D eigenvalue weighted by Gasteiger charge is 2.30. The van der Waals surface area contributed by atoms with Gasteiger partial charge in [-0.1, -0.05) is 87.0 Å². The van der Waals surface area contributed by atoms with E-state index >= 15 is 0 Å². The summed E-state index contributed by atoms with van der Waals surface area (Å²) < 4.78 is 0. The van der Waals surface area contributed by atoms with Crippen molar-refractivity contribution in [2.24, 2.45) is 29.6 Å². The Morgan fingerprint density at radius 1 is 0.684 bits per heavy atom. The van der Waals surface area contributed by atoms with E-state index in [0.717, 1.165) is 29.6 Å². The SMILES string of the molecule is CCCC(C(CC)CC(C)CC)C(CC)C(C)CC. The van der Waals surface area contributed by atoms with Crippen LogP contribution >= 0.6 is 0 Å². The van der Waals surface area contributed by atoms with E-state index < -0.39 is 0 Å². The molecule has 5 atom stereocenters. The molecular weight excluding hydrogens is 228 g/mol. The van der Waals surface area contributed by atoms with Crippen LogP contribution in [0.15, 0.2) is 0 Å². The highest BCUT2D eigenvalue weighted by molar-refractivity contribution is 4.80. The fourth-order valence-corrected chi connectivity index (χ4v) is 3.89. The molecule has 0 aliphatic carbocycles. The van der Waals surface area contributed by atoms with Crippen LogP contribution in [-0.2, 0) is 0 Å². The molecule has 0 aromatic heterocycles. The third-order valence-corrected chi connectivity index (χ3v) is 5.55. The van der Waals surface area contributed by atoms with Crippen molar-refractivity contribution in [2.75, 3.05) is 0 Å². The monoisotopic (exact) mass is 268 g/mol. The van der Waals surface area contributed by atoms with Crippen LogP contribution in [-0.4, -0.2) is 0 Å². The first-order valence-electron chi connectivity index (χ1n) is 9.05. The Balaban J connectivity index is 4.89. The van der Waals surface area contributed by atoms with Crippen LogP contribution in [0.4, 0.5) is 0 Å². The Bertz CT molecular complexity index is 196. The molecule has 0 amide bonds. The Labute approximate surface area is 123 Å². The summed E-state index contributed by atoms with van der Waals surface area (Å²) in [6, 6.07) is 0. The Hall–Kier alpha value is 0. The predicted octanol–water partition coefficient (Wildman–Crippen LogP) is 6.94. The highest BCUT2D eigenvalue weighted by Crippen LogP contribution is 2.39. The first-order chi connectivity index (χ1) is 9.05. The standard InChI is InChI=1S/C19H40/c1-8-13-19(18(12-5)16(7)10-3)17(11-4)14-15(6)9-2/h15-19H,8-14H2,1-7H3. The molecule has 0 aliphatic heterocycles. The molecule has 0 heterocycles. The lowest BCUT2D eigenvalue weighted by Crippen LogP contribution is -2.28. The summed E-state index contributed by atoms with van der Waals surface area (Å²) in [5, 5.41) is 0. The van der Waals surface area contributed by atoms with Gasteiger partial charge in [0.15, 0.2) is 0 Å². The molecule has 0 spiro atoms. The lowest BCUT2D eigenvalue weighted by molar-refractivity contribution is 0.126. The van der Waals surface area contributed by atoms with Crippen molar-refractivity contribution in [3.05, 3.63) is 0 Å². The van der Waals surface area contributed by atoms with Gasteiger partial charge < -0.3 is 0 Å². The van der Waals surface area contributed by atoms with Crippen LogP contribution in [0.2, 0.25) is 0 Å². The summed E-state index contributed by atoms with van der Waals surface area (Å²) in [6.07, 6.45) is 9.68. The van der Waals surface area contributed by atoms with Gasteiger partial charge in [0.05, 0.1) is 0 Å². The second-order valence-electron chi connectivity index (χ2n) is 6.83. The molecule has 0 heteroatoms. The number of hydrogen-bond donors (Lipinski definition) is 0. The maximum absolute atomic E-state index is 2.48. The van der Waals surface area contributed by atoms with Crippen molar-refractivity contribution in [2.45, 2.75) is 93.4 Å². The minimum atomic E-state index is 0.896. The molecule has 0 fully saturated rings. The summed E-state index contributed by atoms with van der Waals surface area (Å²) >= 11 is 0. The molecule has 0 saturated carbocycles. The molecule has 0 aromatic rings. The van der Waals surface area contributed by atoms with Crippen LogP contribution in [0, 0.1) is 29.6 Å². The molecule has 5 unspecified atom stereocenters. The van der Waals surface area contributed by atoms with E-state index in [9.17, 15) is 0 Å². The van der Waals surface area contributed by atoms with Gasteiger partial charge in [0, 0.05) is 0 Å². The van der Waals surface area contributed by atoms with Gasteiger partial charge >= 0.3 is 0 Å². The zero-order valence-electron chi connectivity index (χ0n) is 14.8. The molecule has 0 nitrogen and oxygen atoms in total.